The summed E-state index contributed by atoms with van der Waals surface area (Å²) in [4.78, 5) is 25.9. The first-order valence-corrected chi connectivity index (χ1v) is 8.38. The molecule has 1 aromatic heterocycles. The van der Waals surface area contributed by atoms with E-state index in [2.05, 4.69) is 15.2 Å². The number of ether oxygens (including phenoxy) is 2. The number of likely N-dealkylation sites (tertiary alicyclic amines) is 1. The third kappa shape index (κ3) is 3.38. The van der Waals surface area contributed by atoms with Crippen LogP contribution in [0.3, 0.4) is 0 Å². The van der Waals surface area contributed by atoms with E-state index in [0.29, 0.717) is 5.69 Å². The highest BCUT2D eigenvalue weighted by molar-refractivity contribution is 5.90. The van der Waals surface area contributed by atoms with Gasteiger partial charge < -0.3 is 19.7 Å². The van der Waals surface area contributed by atoms with Crippen molar-refractivity contribution >= 4 is 17.7 Å². The molecule has 2 atom stereocenters. The Balaban J connectivity index is 1.65. The van der Waals surface area contributed by atoms with Gasteiger partial charge in [0.2, 0.25) is 0 Å². The number of carbonyl (C=O) groups is 2. The summed E-state index contributed by atoms with van der Waals surface area (Å²) < 4.78 is 11.9. The number of hydrogen-bond donors (Lipinski definition) is 1. The lowest BCUT2D eigenvalue weighted by molar-refractivity contribution is -0.141. The Kier molecular flexibility index (Phi) is 5.03. The summed E-state index contributed by atoms with van der Waals surface area (Å²) in [7, 11) is 1.34. The van der Waals surface area contributed by atoms with Crippen molar-refractivity contribution in [3.8, 4) is 0 Å². The zero-order valence-electron chi connectivity index (χ0n) is 14.2. The molecule has 0 radical (unpaired) electrons. The molecule has 8 heteroatoms. The molecular formula is C16H24N4O4. The van der Waals surface area contributed by atoms with Crippen molar-refractivity contribution in [2.24, 2.45) is 0 Å². The monoisotopic (exact) mass is 336 g/mol. The van der Waals surface area contributed by atoms with Crippen LogP contribution < -0.4 is 5.32 Å². The van der Waals surface area contributed by atoms with Crippen molar-refractivity contribution in [3.63, 3.8) is 0 Å². The lowest BCUT2D eigenvalue weighted by Gasteiger charge is -2.28. The molecule has 132 valence electrons. The Bertz CT molecular complexity index is 609. The van der Waals surface area contributed by atoms with Crippen molar-refractivity contribution in [3.05, 3.63) is 11.9 Å². The van der Waals surface area contributed by atoms with E-state index in [1.54, 1.807) is 6.20 Å². The minimum Gasteiger partial charge on any atom is -0.468 e. The molecule has 0 unspecified atom stereocenters. The highest BCUT2D eigenvalue weighted by Gasteiger charge is 2.37. The van der Waals surface area contributed by atoms with E-state index in [-0.39, 0.29) is 30.7 Å². The second-order valence-corrected chi connectivity index (χ2v) is 6.26. The summed E-state index contributed by atoms with van der Waals surface area (Å²) in [6.07, 6.45) is 5.78. The molecule has 1 N–H and O–H groups in total. The number of hydrogen-bond acceptors (Lipinski definition) is 5. The minimum atomic E-state index is -0.378. The molecule has 2 saturated heterocycles. The second kappa shape index (κ2) is 7.21. The maximum absolute atomic E-state index is 12.7. The van der Waals surface area contributed by atoms with Gasteiger partial charge >= 0.3 is 12.0 Å². The molecule has 0 bridgehead atoms. The van der Waals surface area contributed by atoms with E-state index in [1.165, 1.54) is 11.8 Å². The summed E-state index contributed by atoms with van der Waals surface area (Å²) in [6.45, 7) is 3.37. The Morgan fingerprint density at radius 2 is 2.25 bits per heavy atom. The SMILES string of the molecule is COC(=O)Cn1ncc(NC(=O)N2CCC[C@H]2[C@H]2CCCO2)c1C. The van der Waals surface area contributed by atoms with E-state index < -0.39 is 0 Å². The van der Waals surface area contributed by atoms with Crippen LogP contribution in [0.5, 0.6) is 0 Å². The number of anilines is 1. The number of aromatic nitrogens is 2. The highest BCUT2D eigenvalue weighted by atomic mass is 16.5. The Morgan fingerprint density at radius 3 is 2.96 bits per heavy atom. The number of esters is 1. The molecule has 2 aliphatic rings. The van der Waals surface area contributed by atoms with E-state index in [9.17, 15) is 9.59 Å². The molecule has 0 aromatic carbocycles. The lowest BCUT2D eigenvalue weighted by Crippen LogP contribution is -2.44. The average Bonchev–Trinajstić information content (AvgIpc) is 3.30. The number of nitrogens with one attached hydrogen (secondary N) is 1. The molecule has 0 spiro atoms. The standard InChI is InChI=1S/C16H24N4O4/c1-11-12(9-17-20(11)10-15(21)23-2)18-16(22)19-7-3-5-13(19)14-6-4-8-24-14/h9,13-14H,3-8,10H2,1-2H3,(H,18,22)/t13-,14+/m0/s1. The van der Waals surface area contributed by atoms with Crippen molar-refractivity contribution in [1.29, 1.82) is 0 Å². The van der Waals surface area contributed by atoms with Crippen molar-refractivity contribution < 1.29 is 19.1 Å². The zero-order valence-corrected chi connectivity index (χ0v) is 14.2. The predicted octanol–water partition coefficient (Wildman–Crippen LogP) is 1.54. The summed E-state index contributed by atoms with van der Waals surface area (Å²) in [5.41, 5.74) is 1.34. The maximum atomic E-state index is 12.7. The quantitative estimate of drug-likeness (QED) is 0.843. The fourth-order valence-electron chi connectivity index (χ4n) is 3.44. The fraction of sp³-hybridized carbons (Fsp3) is 0.688. The van der Waals surface area contributed by atoms with Gasteiger partial charge in [0.25, 0.3) is 0 Å². The summed E-state index contributed by atoms with van der Waals surface area (Å²) in [5.74, 6) is -0.378. The van der Waals surface area contributed by atoms with Crippen LogP contribution in [0.2, 0.25) is 0 Å². The number of methoxy groups -OCH3 is 1. The number of rotatable bonds is 4. The van der Waals surface area contributed by atoms with Gasteiger partial charge in [-0.15, -0.1) is 0 Å². The fourth-order valence-corrected chi connectivity index (χ4v) is 3.44. The molecule has 0 aliphatic carbocycles. The molecule has 3 rings (SSSR count). The molecule has 8 nitrogen and oxygen atoms in total. The molecule has 2 amide bonds. The molecule has 24 heavy (non-hydrogen) atoms. The number of amides is 2. The van der Waals surface area contributed by atoms with Crippen molar-refractivity contribution in [2.45, 2.75) is 51.3 Å². The summed E-state index contributed by atoms with van der Waals surface area (Å²) >= 11 is 0. The Labute approximate surface area is 141 Å². The normalized spacial score (nSPS) is 23.5. The highest BCUT2D eigenvalue weighted by Crippen LogP contribution is 2.28. The van der Waals surface area contributed by atoms with Gasteiger partial charge in [-0.3, -0.25) is 9.48 Å². The molecule has 2 fully saturated rings. The Morgan fingerprint density at radius 1 is 1.42 bits per heavy atom. The molecule has 2 aliphatic heterocycles. The van der Waals surface area contributed by atoms with Gasteiger partial charge in [-0.2, -0.15) is 5.10 Å². The first kappa shape index (κ1) is 16.8. The predicted molar refractivity (Wildman–Crippen MR) is 86.7 cm³/mol. The third-order valence-electron chi connectivity index (χ3n) is 4.81. The third-order valence-corrected chi connectivity index (χ3v) is 4.81. The Hall–Kier alpha value is -2.09. The van der Waals surface area contributed by atoms with Crippen LogP contribution in [0.15, 0.2) is 6.20 Å². The van der Waals surface area contributed by atoms with Crippen LogP contribution >= 0.6 is 0 Å². The lowest BCUT2D eigenvalue weighted by atomic mass is 10.1. The number of nitrogens with zero attached hydrogens (tertiary/aromatic N) is 3. The first-order valence-electron chi connectivity index (χ1n) is 8.38. The van der Waals surface area contributed by atoms with Gasteiger partial charge in [0.15, 0.2) is 0 Å². The largest absolute Gasteiger partial charge is 0.468 e. The van der Waals surface area contributed by atoms with Gasteiger partial charge in [0.05, 0.1) is 36.8 Å². The maximum Gasteiger partial charge on any atom is 0.327 e. The minimum absolute atomic E-state index is 0.0282. The smallest absolute Gasteiger partial charge is 0.327 e. The van der Waals surface area contributed by atoms with Crippen LogP contribution in [-0.2, 0) is 20.8 Å². The van der Waals surface area contributed by atoms with Gasteiger partial charge in [0.1, 0.15) is 6.54 Å². The zero-order chi connectivity index (χ0) is 17.1. The van der Waals surface area contributed by atoms with Gasteiger partial charge in [-0.05, 0) is 32.6 Å². The first-order chi connectivity index (χ1) is 11.6. The van der Waals surface area contributed by atoms with Gasteiger partial charge in [-0.1, -0.05) is 0 Å². The second-order valence-electron chi connectivity index (χ2n) is 6.26. The van der Waals surface area contributed by atoms with Crippen molar-refractivity contribution in [2.75, 3.05) is 25.6 Å². The summed E-state index contributed by atoms with van der Waals surface area (Å²) in [6, 6.07) is 0.0200. The van der Waals surface area contributed by atoms with Gasteiger partial charge in [-0.25, -0.2) is 4.79 Å². The van der Waals surface area contributed by atoms with E-state index in [1.807, 2.05) is 11.8 Å². The molecule has 0 saturated carbocycles. The average molecular weight is 336 g/mol. The van der Waals surface area contributed by atoms with Crippen LogP contribution in [0.25, 0.3) is 0 Å². The van der Waals surface area contributed by atoms with Crippen molar-refractivity contribution in [1.82, 2.24) is 14.7 Å². The van der Waals surface area contributed by atoms with Crippen LogP contribution in [0.1, 0.15) is 31.4 Å². The number of carbonyl (C=O) groups excluding carboxylic acids is 2. The van der Waals surface area contributed by atoms with E-state index in [0.717, 1.165) is 44.5 Å². The van der Waals surface area contributed by atoms with Gasteiger partial charge in [0, 0.05) is 13.2 Å². The summed E-state index contributed by atoms with van der Waals surface area (Å²) in [5, 5.41) is 7.05. The topological polar surface area (TPSA) is 85.7 Å². The number of urea groups is 1. The van der Waals surface area contributed by atoms with Crippen LogP contribution in [0, 0.1) is 6.92 Å². The van der Waals surface area contributed by atoms with E-state index >= 15 is 0 Å². The van der Waals surface area contributed by atoms with E-state index in [4.69, 9.17) is 4.74 Å². The molecule has 3 heterocycles. The van der Waals surface area contributed by atoms with Crippen LogP contribution in [-0.4, -0.2) is 59.1 Å². The molecular weight excluding hydrogens is 312 g/mol. The molecule has 1 aromatic rings. The van der Waals surface area contributed by atoms with Crippen LogP contribution in [0.4, 0.5) is 10.5 Å².